The van der Waals surface area contributed by atoms with Crippen LogP contribution in [0, 0.1) is 0 Å². The molecule has 0 fully saturated rings. The van der Waals surface area contributed by atoms with Gasteiger partial charge in [-0.25, -0.2) is 0 Å². The molecule has 0 bridgehead atoms. The van der Waals surface area contributed by atoms with Gasteiger partial charge in [-0.05, 0) is 51.3 Å². The highest BCUT2D eigenvalue weighted by molar-refractivity contribution is 6.33. The molecule has 0 saturated heterocycles. The Morgan fingerprint density at radius 2 is 1.52 bits per heavy atom. The average molecular weight is 312 g/mol. The Bertz CT molecular complexity index is 380. The Kier molecular flexibility index (Phi) is 9.48. The van der Waals surface area contributed by atoms with Crippen molar-refractivity contribution in [2.45, 2.75) is 27.2 Å². The van der Waals surface area contributed by atoms with Crippen molar-refractivity contribution in [1.82, 2.24) is 9.80 Å². The molecule has 0 radical (unpaired) electrons. The van der Waals surface area contributed by atoms with E-state index in [1.54, 1.807) is 0 Å². The molecule has 0 aliphatic rings. The van der Waals surface area contributed by atoms with Crippen LogP contribution in [-0.2, 0) is 0 Å². The van der Waals surface area contributed by atoms with Crippen LogP contribution in [-0.4, -0.2) is 55.6 Å². The van der Waals surface area contributed by atoms with Crippen molar-refractivity contribution in [3.8, 4) is 0 Å². The number of nitrogens with zero attached hydrogens (tertiary/aromatic N) is 2. The van der Waals surface area contributed by atoms with Crippen LogP contribution in [0.5, 0.6) is 0 Å². The van der Waals surface area contributed by atoms with E-state index < -0.39 is 0 Å². The molecule has 0 heterocycles. The molecule has 0 unspecified atom stereocenters. The second-order valence-electron chi connectivity index (χ2n) is 5.22. The van der Waals surface area contributed by atoms with Crippen molar-refractivity contribution >= 4 is 17.3 Å². The molecule has 1 aromatic rings. The fraction of sp³-hybridized carbons (Fsp3) is 0.647. The lowest BCUT2D eigenvalue weighted by Gasteiger charge is -2.23. The van der Waals surface area contributed by atoms with Crippen molar-refractivity contribution in [1.29, 1.82) is 0 Å². The van der Waals surface area contributed by atoms with E-state index in [-0.39, 0.29) is 0 Å². The predicted octanol–water partition coefficient (Wildman–Crippen LogP) is 3.81. The number of hydrogen-bond acceptors (Lipinski definition) is 3. The average Bonchev–Trinajstić information content (AvgIpc) is 2.51. The summed E-state index contributed by atoms with van der Waals surface area (Å²) in [4.78, 5) is 4.98. The highest BCUT2D eigenvalue weighted by Gasteiger charge is 2.05. The zero-order chi connectivity index (χ0) is 15.5. The molecule has 1 N–H and O–H groups in total. The predicted molar refractivity (Wildman–Crippen MR) is 94.5 cm³/mol. The minimum atomic E-state index is 0.794. The number of nitrogens with one attached hydrogen (secondary N) is 1. The van der Waals surface area contributed by atoms with Crippen molar-refractivity contribution in [3.63, 3.8) is 0 Å². The molecule has 0 spiro atoms. The smallest absolute Gasteiger partial charge is 0.0637 e. The Morgan fingerprint density at radius 3 is 2.14 bits per heavy atom. The fourth-order valence-corrected chi connectivity index (χ4v) is 2.64. The minimum Gasteiger partial charge on any atom is -0.383 e. The summed E-state index contributed by atoms with van der Waals surface area (Å²) < 4.78 is 0. The van der Waals surface area contributed by atoms with Gasteiger partial charge < -0.3 is 15.1 Å². The van der Waals surface area contributed by atoms with E-state index in [9.17, 15) is 0 Å². The van der Waals surface area contributed by atoms with Crippen LogP contribution < -0.4 is 5.32 Å². The molecule has 3 nitrogen and oxygen atoms in total. The maximum absolute atomic E-state index is 6.14. The summed E-state index contributed by atoms with van der Waals surface area (Å²) in [6, 6.07) is 7.92. The van der Waals surface area contributed by atoms with Gasteiger partial charge in [0.2, 0.25) is 0 Å². The number of para-hydroxylation sites is 1. The zero-order valence-electron chi connectivity index (χ0n) is 13.7. The number of halogens is 1. The van der Waals surface area contributed by atoms with Gasteiger partial charge in [0.15, 0.2) is 0 Å². The molecule has 1 rings (SSSR count). The Morgan fingerprint density at radius 1 is 0.905 bits per heavy atom. The third-order valence-electron chi connectivity index (χ3n) is 3.91. The molecule has 21 heavy (non-hydrogen) atoms. The summed E-state index contributed by atoms with van der Waals surface area (Å²) in [5, 5.41) is 4.21. The number of hydrogen-bond donors (Lipinski definition) is 1. The topological polar surface area (TPSA) is 18.5 Å². The second-order valence-corrected chi connectivity index (χ2v) is 5.63. The normalized spacial score (nSPS) is 11.3. The van der Waals surface area contributed by atoms with Crippen LogP contribution in [0.2, 0.25) is 5.02 Å². The first-order valence-electron chi connectivity index (χ1n) is 8.14. The van der Waals surface area contributed by atoms with Gasteiger partial charge in [-0.15, -0.1) is 0 Å². The van der Waals surface area contributed by atoms with Crippen LogP contribution in [0.15, 0.2) is 24.3 Å². The van der Waals surface area contributed by atoms with E-state index in [0.29, 0.717) is 0 Å². The molecular weight excluding hydrogens is 282 g/mol. The summed E-state index contributed by atoms with van der Waals surface area (Å²) in [5.41, 5.74) is 1.03. The minimum absolute atomic E-state index is 0.794. The van der Waals surface area contributed by atoms with Crippen molar-refractivity contribution < 1.29 is 0 Å². The summed E-state index contributed by atoms with van der Waals surface area (Å²) in [6.07, 6.45) is 1.24. The largest absolute Gasteiger partial charge is 0.383 e. The van der Waals surface area contributed by atoms with Gasteiger partial charge in [-0.1, -0.05) is 44.5 Å². The van der Waals surface area contributed by atoms with Crippen LogP contribution in [0.1, 0.15) is 27.2 Å². The summed E-state index contributed by atoms with van der Waals surface area (Å²) in [6.45, 7) is 14.4. The maximum Gasteiger partial charge on any atom is 0.0637 e. The molecule has 0 atom stereocenters. The van der Waals surface area contributed by atoms with E-state index in [2.05, 4.69) is 35.9 Å². The van der Waals surface area contributed by atoms with E-state index in [4.69, 9.17) is 11.6 Å². The van der Waals surface area contributed by atoms with Crippen LogP contribution >= 0.6 is 11.6 Å². The van der Waals surface area contributed by atoms with E-state index in [1.807, 2.05) is 24.3 Å². The highest BCUT2D eigenvalue weighted by Crippen LogP contribution is 2.19. The standard InChI is InChI=1S/C17H30ClN3/c1-4-20(5-2)13-9-14-21(6-3)15-12-19-17-11-8-7-10-16(17)18/h7-8,10-11,19H,4-6,9,12-15H2,1-3H3. The van der Waals surface area contributed by atoms with Gasteiger partial charge >= 0.3 is 0 Å². The van der Waals surface area contributed by atoms with Crippen LogP contribution in [0.3, 0.4) is 0 Å². The Labute approximate surface area is 135 Å². The Hall–Kier alpha value is -0.770. The quantitative estimate of drug-likeness (QED) is 0.670. The molecule has 0 aliphatic carbocycles. The van der Waals surface area contributed by atoms with E-state index in [0.717, 1.165) is 50.0 Å². The number of likely N-dealkylation sites (N-methyl/N-ethyl adjacent to an activating group) is 1. The Balaban J connectivity index is 2.23. The molecule has 0 amide bonds. The highest BCUT2D eigenvalue weighted by atomic mass is 35.5. The zero-order valence-corrected chi connectivity index (χ0v) is 14.5. The van der Waals surface area contributed by atoms with Gasteiger partial charge in [0.25, 0.3) is 0 Å². The molecule has 1 aromatic carbocycles. The van der Waals surface area contributed by atoms with Crippen LogP contribution in [0.4, 0.5) is 5.69 Å². The lowest BCUT2D eigenvalue weighted by molar-refractivity contribution is 0.248. The molecule has 0 saturated carbocycles. The lowest BCUT2D eigenvalue weighted by atomic mass is 10.3. The third-order valence-corrected chi connectivity index (χ3v) is 4.24. The summed E-state index contributed by atoms with van der Waals surface area (Å²) in [7, 11) is 0. The molecule has 120 valence electrons. The number of rotatable bonds is 11. The van der Waals surface area contributed by atoms with Crippen molar-refractivity contribution in [2.24, 2.45) is 0 Å². The first kappa shape index (κ1) is 18.3. The van der Waals surface area contributed by atoms with Gasteiger partial charge in [-0.2, -0.15) is 0 Å². The fourth-order valence-electron chi connectivity index (χ4n) is 2.44. The van der Waals surface area contributed by atoms with Gasteiger partial charge in [-0.3, -0.25) is 0 Å². The molecule has 0 aromatic heterocycles. The maximum atomic E-state index is 6.14. The molecule has 4 heteroatoms. The second kappa shape index (κ2) is 10.9. The van der Waals surface area contributed by atoms with Crippen LogP contribution in [0.25, 0.3) is 0 Å². The first-order chi connectivity index (χ1) is 10.2. The van der Waals surface area contributed by atoms with Crippen molar-refractivity contribution in [2.75, 3.05) is 51.1 Å². The third kappa shape index (κ3) is 7.16. The van der Waals surface area contributed by atoms with E-state index >= 15 is 0 Å². The monoisotopic (exact) mass is 311 g/mol. The van der Waals surface area contributed by atoms with Crippen molar-refractivity contribution in [3.05, 3.63) is 29.3 Å². The molecule has 0 aliphatic heterocycles. The SMILES string of the molecule is CCN(CC)CCCN(CC)CCNc1ccccc1Cl. The number of anilines is 1. The lowest BCUT2D eigenvalue weighted by Crippen LogP contribution is -2.33. The first-order valence-corrected chi connectivity index (χ1v) is 8.52. The molecular formula is C17H30ClN3. The summed E-state index contributed by atoms with van der Waals surface area (Å²) >= 11 is 6.14. The van der Waals surface area contributed by atoms with E-state index in [1.165, 1.54) is 13.0 Å². The van der Waals surface area contributed by atoms with Gasteiger partial charge in [0.05, 0.1) is 10.7 Å². The summed E-state index contributed by atoms with van der Waals surface area (Å²) in [5.74, 6) is 0. The van der Waals surface area contributed by atoms with Gasteiger partial charge in [0.1, 0.15) is 0 Å². The number of benzene rings is 1. The van der Waals surface area contributed by atoms with Gasteiger partial charge in [0, 0.05) is 13.1 Å².